The summed E-state index contributed by atoms with van der Waals surface area (Å²) in [6, 6.07) is 0. The summed E-state index contributed by atoms with van der Waals surface area (Å²) in [7, 11) is 0. The van der Waals surface area contributed by atoms with E-state index < -0.39 is 0 Å². The lowest BCUT2D eigenvalue weighted by Gasteiger charge is -2.03. The predicted octanol–water partition coefficient (Wildman–Crippen LogP) is 5.65. The van der Waals surface area contributed by atoms with E-state index in [-0.39, 0.29) is 0 Å². The van der Waals surface area contributed by atoms with Crippen LogP contribution >= 0.6 is 0 Å². The van der Waals surface area contributed by atoms with E-state index in [4.69, 9.17) is 0 Å². The first kappa shape index (κ1) is 20.6. The molecule has 2 nitrogen and oxygen atoms in total. The summed E-state index contributed by atoms with van der Waals surface area (Å²) < 4.78 is 0. The van der Waals surface area contributed by atoms with Crippen molar-refractivity contribution >= 4 is 5.78 Å². The van der Waals surface area contributed by atoms with Crippen molar-refractivity contribution in [3.05, 3.63) is 0 Å². The van der Waals surface area contributed by atoms with Crippen LogP contribution in [0.3, 0.4) is 0 Å². The van der Waals surface area contributed by atoms with Gasteiger partial charge in [-0.2, -0.15) is 0 Å². The molecule has 0 bridgehead atoms. The maximum absolute atomic E-state index is 11.6. The quantitative estimate of drug-likeness (QED) is 0.352. The molecule has 0 radical (unpaired) electrons. The minimum absolute atomic E-state index is 0.462. The number of rotatable bonds is 17. The minimum atomic E-state index is 0.462. The van der Waals surface area contributed by atoms with Gasteiger partial charge in [0.2, 0.25) is 0 Å². The Morgan fingerprint density at radius 3 is 1.67 bits per heavy atom. The average Bonchev–Trinajstić information content (AvgIpc) is 2.49. The molecular formula is C19H39NO. The highest BCUT2D eigenvalue weighted by Crippen LogP contribution is 2.12. The van der Waals surface area contributed by atoms with Crippen LogP contribution in [0.15, 0.2) is 0 Å². The van der Waals surface area contributed by atoms with Gasteiger partial charge in [-0.25, -0.2) is 0 Å². The van der Waals surface area contributed by atoms with Crippen molar-refractivity contribution in [3.63, 3.8) is 0 Å². The summed E-state index contributed by atoms with van der Waals surface area (Å²) in [5.41, 5.74) is 0. The van der Waals surface area contributed by atoms with Crippen LogP contribution in [0.1, 0.15) is 104 Å². The minimum Gasteiger partial charge on any atom is -0.317 e. The van der Waals surface area contributed by atoms with E-state index in [1.54, 1.807) is 0 Å². The summed E-state index contributed by atoms with van der Waals surface area (Å²) >= 11 is 0. The van der Waals surface area contributed by atoms with Crippen molar-refractivity contribution < 1.29 is 4.79 Å². The Morgan fingerprint density at radius 1 is 0.667 bits per heavy atom. The van der Waals surface area contributed by atoms with Gasteiger partial charge >= 0.3 is 0 Å². The molecule has 2 heteroatoms. The normalized spacial score (nSPS) is 11.0. The second-order valence-corrected chi connectivity index (χ2v) is 6.28. The third kappa shape index (κ3) is 17.6. The molecule has 0 unspecified atom stereocenters. The van der Waals surface area contributed by atoms with Gasteiger partial charge in [-0.15, -0.1) is 0 Å². The molecule has 0 aliphatic heterocycles. The molecule has 0 aromatic heterocycles. The Morgan fingerprint density at radius 2 is 1.14 bits per heavy atom. The fraction of sp³-hybridized carbons (Fsp3) is 0.947. The van der Waals surface area contributed by atoms with Gasteiger partial charge < -0.3 is 5.32 Å². The molecular weight excluding hydrogens is 258 g/mol. The van der Waals surface area contributed by atoms with E-state index in [2.05, 4.69) is 19.2 Å². The third-order valence-electron chi connectivity index (χ3n) is 4.12. The van der Waals surface area contributed by atoms with Gasteiger partial charge in [-0.3, -0.25) is 4.79 Å². The molecule has 0 heterocycles. The summed E-state index contributed by atoms with van der Waals surface area (Å²) in [6.07, 6.45) is 17.4. The first-order valence-electron chi connectivity index (χ1n) is 9.53. The molecule has 1 N–H and O–H groups in total. The molecule has 0 amide bonds. The number of nitrogens with one attached hydrogen (secondary N) is 1. The van der Waals surface area contributed by atoms with E-state index in [9.17, 15) is 4.79 Å². The SMILES string of the molecule is CCCCCCCCCCCCCC(=O)CCCNCC. The highest BCUT2D eigenvalue weighted by Gasteiger charge is 2.01. The van der Waals surface area contributed by atoms with Crippen LogP contribution < -0.4 is 5.32 Å². The average molecular weight is 298 g/mol. The highest BCUT2D eigenvalue weighted by molar-refractivity contribution is 5.78. The van der Waals surface area contributed by atoms with Crippen LogP contribution in [0.4, 0.5) is 0 Å². The van der Waals surface area contributed by atoms with Crippen molar-refractivity contribution in [2.24, 2.45) is 0 Å². The van der Waals surface area contributed by atoms with Gasteiger partial charge in [0.05, 0.1) is 0 Å². The zero-order valence-electron chi connectivity index (χ0n) is 14.7. The van der Waals surface area contributed by atoms with Gasteiger partial charge in [-0.1, -0.05) is 78.1 Å². The Bertz CT molecular complexity index is 216. The molecule has 126 valence electrons. The predicted molar refractivity (Wildman–Crippen MR) is 93.9 cm³/mol. The molecule has 0 saturated heterocycles. The van der Waals surface area contributed by atoms with E-state index in [1.165, 1.54) is 64.2 Å². The van der Waals surface area contributed by atoms with E-state index in [0.29, 0.717) is 5.78 Å². The van der Waals surface area contributed by atoms with E-state index >= 15 is 0 Å². The van der Waals surface area contributed by atoms with E-state index in [0.717, 1.165) is 38.8 Å². The fourth-order valence-corrected chi connectivity index (χ4v) is 2.70. The largest absolute Gasteiger partial charge is 0.317 e. The van der Waals surface area contributed by atoms with Gasteiger partial charge in [0.25, 0.3) is 0 Å². The summed E-state index contributed by atoms with van der Waals surface area (Å²) in [6.45, 7) is 6.37. The van der Waals surface area contributed by atoms with Crippen molar-refractivity contribution in [2.45, 2.75) is 104 Å². The Hall–Kier alpha value is -0.370. The van der Waals surface area contributed by atoms with Crippen LogP contribution in [0, 0.1) is 0 Å². The van der Waals surface area contributed by atoms with Crippen LogP contribution in [-0.2, 0) is 4.79 Å². The highest BCUT2D eigenvalue weighted by atomic mass is 16.1. The lowest BCUT2D eigenvalue weighted by Crippen LogP contribution is -2.15. The number of hydrogen-bond donors (Lipinski definition) is 1. The molecule has 0 spiro atoms. The standard InChI is InChI=1S/C19H39NO/c1-3-5-6-7-8-9-10-11-12-13-14-16-19(21)17-15-18-20-4-2/h20H,3-18H2,1-2H3. The number of ketones is 1. The molecule has 0 aromatic rings. The zero-order chi connectivity index (χ0) is 15.6. The first-order chi connectivity index (χ1) is 10.3. The Labute approximate surface area is 133 Å². The molecule has 0 rings (SSSR count). The number of Topliss-reactive ketones (excluding diaryl/α,β-unsaturated/α-hetero) is 1. The first-order valence-corrected chi connectivity index (χ1v) is 9.53. The van der Waals surface area contributed by atoms with Crippen LogP contribution in [-0.4, -0.2) is 18.9 Å². The molecule has 0 fully saturated rings. The van der Waals surface area contributed by atoms with Crippen molar-refractivity contribution in [1.29, 1.82) is 0 Å². The second kappa shape index (κ2) is 17.7. The van der Waals surface area contributed by atoms with Crippen molar-refractivity contribution in [1.82, 2.24) is 5.32 Å². The maximum atomic E-state index is 11.6. The molecule has 0 aliphatic rings. The zero-order valence-corrected chi connectivity index (χ0v) is 14.7. The van der Waals surface area contributed by atoms with Crippen molar-refractivity contribution in [2.75, 3.05) is 13.1 Å². The van der Waals surface area contributed by atoms with Crippen LogP contribution in [0.25, 0.3) is 0 Å². The molecule has 0 aliphatic carbocycles. The summed E-state index contributed by atoms with van der Waals surface area (Å²) in [5.74, 6) is 0.462. The monoisotopic (exact) mass is 297 g/mol. The lowest BCUT2D eigenvalue weighted by molar-refractivity contribution is -0.119. The number of carbonyl (C=O) groups is 1. The fourth-order valence-electron chi connectivity index (χ4n) is 2.70. The topological polar surface area (TPSA) is 29.1 Å². The van der Waals surface area contributed by atoms with Crippen LogP contribution in [0.5, 0.6) is 0 Å². The number of unbranched alkanes of at least 4 members (excludes halogenated alkanes) is 10. The number of hydrogen-bond acceptors (Lipinski definition) is 2. The van der Waals surface area contributed by atoms with E-state index in [1.807, 2.05) is 0 Å². The van der Waals surface area contributed by atoms with Gasteiger partial charge in [-0.05, 0) is 25.9 Å². The third-order valence-corrected chi connectivity index (χ3v) is 4.12. The molecule has 0 saturated carbocycles. The maximum Gasteiger partial charge on any atom is 0.132 e. The van der Waals surface area contributed by atoms with Gasteiger partial charge in [0, 0.05) is 12.8 Å². The Kier molecular flexibility index (Phi) is 17.4. The molecule has 0 aromatic carbocycles. The smallest absolute Gasteiger partial charge is 0.132 e. The summed E-state index contributed by atoms with van der Waals surface area (Å²) in [5, 5.41) is 3.26. The molecule has 21 heavy (non-hydrogen) atoms. The van der Waals surface area contributed by atoms with Gasteiger partial charge in [0.15, 0.2) is 0 Å². The number of carbonyl (C=O) groups excluding carboxylic acids is 1. The van der Waals surface area contributed by atoms with Crippen molar-refractivity contribution in [3.8, 4) is 0 Å². The van der Waals surface area contributed by atoms with Gasteiger partial charge in [0.1, 0.15) is 5.78 Å². The Balaban J connectivity index is 3.09. The second-order valence-electron chi connectivity index (χ2n) is 6.28. The molecule has 0 atom stereocenters. The summed E-state index contributed by atoms with van der Waals surface area (Å²) in [4.78, 5) is 11.6. The van der Waals surface area contributed by atoms with Crippen LogP contribution in [0.2, 0.25) is 0 Å². The lowest BCUT2D eigenvalue weighted by atomic mass is 10.0.